The third-order valence-corrected chi connectivity index (χ3v) is 5.55. The SMILES string of the molecule is Cc1cccc2[cH-]c(-c3ccco3)cc12.Cc1cccc2[cH-]c(-c3ccco3)cc12.[Cl-].[Cl-].[Hf+4]. The quantitative estimate of drug-likeness (QED) is 0.215. The molecule has 0 unspecified atom stereocenters. The first-order valence-electron chi connectivity index (χ1n) is 10.1. The standard InChI is InChI=1S/2C14H11O.2ClH.Hf/c2*1-10-4-2-5-11-8-12(9-13(10)11)14-6-3-7-15-14;;;/h2*2-9H,1H3;2*1H;/q2*-1;;;+4/p-2. The monoisotopic (exact) mass is 640 g/mol. The summed E-state index contributed by atoms with van der Waals surface area (Å²) >= 11 is 0. The Morgan fingerprint density at radius 3 is 1.33 bits per heavy atom. The zero-order chi connectivity index (χ0) is 20.5. The van der Waals surface area contributed by atoms with E-state index in [0.717, 1.165) is 22.6 Å². The van der Waals surface area contributed by atoms with Gasteiger partial charge in [-0.05, 0) is 26.0 Å². The maximum atomic E-state index is 5.39. The number of rotatable bonds is 2. The molecule has 33 heavy (non-hydrogen) atoms. The van der Waals surface area contributed by atoms with Crippen LogP contribution in [-0.2, 0) is 25.8 Å². The number of fused-ring (bicyclic) bond motifs is 2. The van der Waals surface area contributed by atoms with Gasteiger partial charge >= 0.3 is 25.8 Å². The van der Waals surface area contributed by atoms with Gasteiger partial charge in [0, 0.05) is 0 Å². The van der Waals surface area contributed by atoms with Gasteiger partial charge in [0.1, 0.15) is 0 Å². The van der Waals surface area contributed by atoms with E-state index < -0.39 is 0 Å². The Morgan fingerprint density at radius 1 is 0.576 bits per heavy atom. The fourth-order valence-corrected chi connectivity index (χ4v) is 3.95. The van der Waals surface area contributed by atoms with Crippen molar-refractivity contribution < 1.29 is 59.5 Å². The van der Waals surface area contributed by atoms with Crippen molar-refractivity contribution in [3.05, 3.63) is 109 Å². The van der Waals surface area contributed by atoms with Crippen molar-refractivity contribution in [3.8, 4) is 22.6 Å². The maximum Gasteiger partial charge on any atom is 4.00 e. The first kappa shape index (κ1) is 26.9. The normalized spacial score (nSPS) is 10.0. The number of furan rings is 2. The fourth-order valence-electron chi connectivity index (χ4n) is 3.95. The number of benzene rings is 2. The van der Waals surface area contributed by atoms with E-state index in [-0.39, 0.29) is 50.7 Å². The molecule has 2 nitrogen and oxygen atoms in total. The van der Waals surface area contributed by atoms with Crippen LogP contribution in [0.3, 0.4) is 0 Å². The summed E-state index contributed by atoms with van der Waals surface area (Å²) in [4.78, 5) is 0. The average Bonchev–Trinajstić information content (AvgIpc) is 3.55. The van der Waals surface area contributed by atoms with E-state index in [1.807, 2.05) is 24.3 Å². The Labute approximate surface area is 224 Å². The van der Waals surface area contributed by atoms with Crippen molar-refractivity contribution in [1.82, 2.24) is 0 Å². The van der Waals surface area contributed by atoms with Gasteiger partial charge in [-0.25, -0.2) is 0 Å². The summed E-state index contributed by atoms with van der Waals surface area (Å²) in [7, 11) is 0. The Bertz CT molecular complexity index is 1300. The van der Waals surface area contributed by atoms with E-state index in [4.69, 9.17) is 8.83 Å². The molecule has 0 aliphatic rings. The van der Waals surface area contributed by atoms with Gasteiger partial charge in [0.25, 0.3) is 0 Å². The molecule has 0 amide bonds. The molecule has 0 bridgehead atoms. The van der Waals surface area contributed by atoms with Crippen LogP contribution in [0.15, 0.2) is 106 Å². The summed E-state index contributed by atoms with van der Waals surface area (Å²) < 4.78 is 10.8. The van der Waals surface area contributed by atoms with Gasteiger partial charge in [-0.15, -0.1) is 57.9 Å². The van der Waals surface area contributed by atoms with Gasteiger partial charge in [0.05, 0.1) is 24.0 Å². The average molecular weight is 640 g/mol. The van der Waals surface area contributed by atoms with Crippen LogP contribution in [0.5, 0.6) is 0 Å². The zero-order valence-corrected chi connectivity index (χ0v) is 23.4. The van der Waals surface area contributed by atoms with Crippen LogP contribution in [0.2, 0.25) is 0 Å². The van der Waals surface area contributed by atoms with Crippen LogP contribution in [0.4, 0.5) is 0 Å². The number of halogens is 2. The molecule has 0 fully saturated rings. The molecule has 0 aliphatic carbocycles. The molecular formula is C28H22Cl2HfO2. The molecule has 6 aromatic rings. The predicted molar refractivity (Wildman–Crippen MR) is 124 cm³/mol. The van der Waals surface area contributed by atoms with E-state index in [0.29, 0.717) is 0 Å². The van der Waals surface area contributed by atoms with Crippen LogP contribution in [0.1, 0.15) is 11.1 Å². The fraction of sp³-hybridized carbons (Fsp3) is 0.0714. The summed E-state index contributed by atoms with van der Waals surface area (Å²) in [5, 5.41) is 5.18. The molecule has 0 aliphatic heterocycles. The number of hydrogen-bond acceptors (Lipinski definition) is 2. The molecule has 164 valence electrons. The smallest absolute Gasteiger partial charge is 1.00 e. The molecule has 0 spiro atoms. The van der Waals surface area contributed by atoms with Crippen molar-refractivity contribution in [3.63, 3.8) is 0 Å². The summed E-state index contributed by atoms with van der Waals surface area (Å²) in [6.45, 7) is 4.27. The minimum absolute atomic E-state index is 0. The zero-order valence-electron chi connectivity index (χ0n) is 18.3. The number of hydrogen-bond donors (Lipinski definition) is 0. The second kappa shape index (κ2) is 11.7. The topological polar surface area (TPSA) is 26.3 Å². The van der Waals surface area contributed by atoms with E-state index >= 15 is 0 Å². The van der Waals surface area contributed by atoms with E-state index in [1.165, 1.54) is 32.7 Å². The molecule has 0 saturated carbocycles. The predicted octanol–water partition coefficient (Wildman–Crippen LogP) is 2.26. The molecular weight excluding hydrogens is 618 g/mol. The van der Waals surface area contributed by atoms with Gasteiger partial charge in [-0.1, -0.05) is 58.7 Å². The maximum absolute atomic E-state index is 5.39. The minimum Gasteiger partial charge on any atom is -1.00 e. The summed E-state index contributed by atoms with van der Waals surface area (Å²) in [6, 6.07) is 29.2. The molecule has 0 saturated heterocycles. The van der Waals surface area contributed by atoms with E-state index in [9.17, 15) is 0 Å². The largest absolute Gasteiger partial charge is 4.00 e. The second-order valence-electron chi connectivity index (χ2n) is 7.60. The van der Waals surface area contributed by atoms with Crippen LogP contribution in [0.25, 0.3) is 44.2 Å². The first-order valence-corrected chi connectivity index (χ1v) is 10.1. The molecule has 2 aromatic heterocycles. The van der Waals surface area contributed by atoms with Crippen LogP contribution < -0.4 is 24.8 Å². The van der Waals surface area contributed by atoms with Crippen molar-refractivity contribution in [2.24, 2.45) is 0 Å². The van der Waals surface area contributed by atoms with Gasteiger partial charge in [-0.2, -0.15) is 0 Å². The van der Waals surface area contributed by atoms with Gasteiger partial charge in [0.15, 0.2) is 0 Å². The molecule has 2 heterocycles. The van der Waals surface area contributed by atoms with E-state index in [2.05, 4.69) is 74.5 Å². The van der Waals surface area contributed by atoms with Crippen molar-refractivity contribution in [1.29, 1.82) is 0 Å². The molecule has 0 radical (unpaired) electrons. The molecule has 5 heteroatoms. The van der Waals surface area contributed by atoms with Crippen LogP contribution in [0, 0.1) is 13.8 Å². The Kier molecular flexibility index (Phi) is 9.54. The van der Waals surface area contributed by atoms with Crippen molar-refractivity contribution in [2.45, 2.75) is 13.8 Å². The Morgan fingerprint density at radius 2 is 1.00 bits per heavy atom. The van der Waals surface area contributed by atoms with Crippen LogP contribution >= 0.6 is 0 Å². The van der Waals surface area contributed by atoms with Crippen LogP contribution in [-0.4, -0.2) is 0 Å². The van der Waals surface area contributed by atoms with E-state index in [1.54, 1.807) is 12.5 Å². The van der Waals surface area contributed by atoms with Gasteiger partial charge < -0.3 is 33.6 Å². The van der Waals surface area contributed by atoms with Crippen molar-refractivity contribution in [2.75, 3.05) is 0 Å². The third-order valence-electron chi connectivity index (χ3n) is 5.55. The minimum atomic E-state index is 0. The van der Waals surface area contributed by atoms with Gasteiger partial charge in [0.2, 0.25) is 0 Å². The van der Waals surface area contributed by atoms with Gasteiger partial charge in [-0.3, -0.25) is 0 Å². The first-order chi connectivity index (χ1) is 14.7. The second-order valence-corrected chi connectivity index (χ2v) is 7.60. The summed E-state index contributed by atoms with van der Waals surface area (Å²) in [5.74, 6) is 1.87. The van der Waals surface area contributed by atoms with Crippen molar-refractivity contribution >= 4 is 21.5 Å². The summed E-state index contributed by atoms with van der Waals surface area (Å²) in [5.41, 5.74) is 4.93. The molecule has 0 atom stereocenters. The molecule has 0 N–H and O–H groups in total. The molecule has 4 aromatic carbocycles. The molecule has 6 rings (SSSR count). The Balaban J connectivity index is 0.000000214. The Hall–Kier alpha value is -2.33. The number of aryl methyl sites for hydroxylation is 2. The third kappa shape index (κ3) is 5.60. The summed E-state index contributed by atoms with van der Waals surface area (Å²) in [6.07, 6.45) is 3.42.